The van der Waals surface area contributed by atoms with Crippen molar-refractivity contribution in [3.05, 3.63) is 452 Å². The molecule has 0 saturated heterocycles. The molecule has 0 unspecified atom stereocenters. The first kappa shape index (κ1) is 113. The third-order valence-electron chi connectivity index (χ3n) is 22.8. The number of furan rings is 1. The maximum atomic E-state index is 11.5. The number of hydrogen-bond donors (Lipinski definition) is 1. The maximum absolute atomic E-state index is 11.5. The first-order valence-corrected chi connectivity index (χ1v) is 48.1. The van der Waals surface area contributed by atoms with Crippen LogP contribution in [0.4, 0.5) is 0 Å². The smallest absolute Gasteiger partial charge is 0.164 e. The second-order valence-electron chi connectivity index (χ2n) is 36.6. The van der Waals surface area contributed by atoms with Crippen molar-refractivity contribution >= 4 is 102 Å². The molecule has 0 aliphatic rings. The molecule has 12 heterocycles. The van der Waals surface area contributed by atoms with Crippen molar-refractivity contribution in [3.63, 3.8) is 0 Å². The molecule has 5 radical (unpaired) electrons. The fourth-order valence-corrected chi connectivity index (χ4v) is 17.6. The predicted molar refractivity (Wildman–Crippen MR) is 580 cm³/mol. The molecule has 10 aromatic carbocycles. The molecule has 0 amide bonds. The van der Waals surface area contributed by atoms with E-state index in [1.54, 1.807) is 18.6 Å². The van der Waals surface area contributed by atoms with Gasteiger partial charge in [0.1, 0.15) is 11.3 Å². The molecule has 22 aromatic rings. The minimum Gasteiger partial charge on any atom is -0.512 e. The van der Waals surface area contributed by atoms with E-state index in [2.05, 4.69) is 263 Å². The summed E-state index contributed by atoms with van der Waals surface area (Å²) in [4.78, 5) is 51.3. The van der Waals surface area contributed by atoms with Gasteiger partial charge in [-0.05, 0) is 202 Å². The van der Waals surface area contributed by atoms with Crippen LogP contribution in [0, 0.1) is 95.5 Å². The van der Waals surface area contributed by atoms with E-state index in [0.29, 0.717) is 5.92 Å². The van der Waals surface area contributed by atoms with Gasteiger partial charge in [-0.3, -0.25) is 29.7 Å². The number of hydrogen-bond acceptors (Lipinski definition) is 14. The van der Waals surface area contributed by atoms with E-state index in [0.717, 1.165) is 130 Å². The van der Waals surface area contributed by atoms with Crippen molar-refractivity contribution in [1.82, 2.24) is 44.9 Å². The Morgan fingerprint density at radius 1 is 0.375 bits per heavy atom. The van der Waals surface area contributed by atoms with Crippen LogP contribution in [0.1, 0.15) is 99.9 Å². The second-order valence-corrected chi connectivity index (χ2v) is 38.7. The zero-order valence-electron chi connectivity index (χ0n) is 82.8. The number of aromatic nitrogens is 9. The molecule has 22 rings (SSSR count). The van der Waals surface area contributed by atoms with Crippen molar-refractivity contribution < 1.29 is 115 Å². The fraction of sp³-hybridized carbons (Fsp3) is 0.152. The Bertz CT molecular complexity index is 7940. The normalized spacial score (nSPS) is 10.8. The minimum atomic E-state index is -0.417. The Labute approximate surface area is 921 Å². The number of thiophene rings is 2. The number of ketones is 1. The van der Waals surface area contributed by atoms with Crippen molar-refractivity contribution in [1.29, 1.82) is 0 Å². The van der Waals surface area contributed by atoms with Crippen LogP contribution in [-0.2, 0) is 112 Å². The summed E-state index contributed by atoms with van der Waals surface area (Å²) in [6.07, 6.45) is 17.1. The van der Waals surface area contributed by atoms with Gasteiger partial charge in [0.15, 0.2) is 5.78 Å². The summed E-state index contributed by atoms with van der Waals surface area (Å²) in [5, 5.41) is 18.3. The van der Waals surface area contributed by atoms with E-state index in [1.807, 2.05) is 280 Å². The number of nitrogens with zero attached hydrogens (tertiary/aromatic N) is 9. The van der Waals surface area contributed by atoms with Crippen LogP contribution in [0.2, 0.25) is 0 Å². The van der Waals surface area contributed by atoms with Crippen molar-refractivity contribution in [2.75, 3.05) is 0 Å². The zero-order valence-corrected chi connectivity index (χ0v) is 96.4. The minimum absolute atomic E-state index is 0. The van der Waals surface area contributed by atoms with E-state index in [-0.39, 0.29) is 117 Å². The van der Waals surface area contributed by atoms with Gasteiger partial charge in [-0.2, -0.15) is 22.7 Å². The van der Waals surface area contributed by atoms with Crippen LogP contribution in [0.3, 0.4) is 0 Å². The molecule has 12 aromatic heterocycles. The average molecular weight is 2810 g/mol. The van der Waals surface area contributed by atoms with E-state index in [1.165, 1.54) is 90.8 Å². The number of allylic oxidation sites excluding steroid dienone is 2. The van der Waals surface area contributed by atoms with Crippen molar-refractivity contribution in [3.8, 4) is 90.2 Å². The number of rotatable bonds is 11. The predicted octanol–water partition coefficient (Wildman–Crippen LogP) is 32.9. The van der Waals surface area contributed by atoms with Gasteiger partial charge in [0.05, 0.1) is 33.9 Å². The van der Waals surface area contributed by atoms with Crippen molar-refractivity contribution in [2.24, 2.45) is 16.7 Å². The number of aliphatic hydroxyl groups excluding tert-OH is 1. The molecule has 0 bridgehead atoms. The number of fused-ring (bicyclic) bond motifs is 10. The van der Waals surface area contributed by atoms with Gasteiger partial charge in [0.25, 0.3) is 0 Å². The standard InChI is InChI=1S/C21H22N.C18H12NO.C18H12NS.C18H14N.C17H10NS.2C11H10N2.C11H20O2.5Ir/c1-14(2)10-17-6-5-7-21-19(17)8-9-20(22-21)18-12-15(3)11-16(4)13-18;1-12-9-10-16(19-11-12)15-7-4-6-14-13-5-2-3-8-17(13)20-18(14)15;1-12-8-9-19-16(10-12)13-6-7-18-15(11-13)14-4-2-3-5-17(14)20-18;1-14-12-18(16-10-6-3-7-11-16)19-13-17(14)15-8-4-2-5-9-15;1-2-7-16-13(5-1)14-11-12(8-9-17(14)19-16)15-6-3-4-10-18-15;1-9-5-4-8-13-11(9)10-6-2-3-7-12-10;1-9-5-6-11(13-8-9)10-4-2-3-7-12-10;1-10(2,3)8(12)7-9(13)11(4,5)6;;;;;/h5-9,11-12,14H,10H2,1-4H3;2-6,8-11H,1H3;2-5,7-11H,1H3;2-10,12-13H,1H3;1-7,9-11H;2*2-8H,1H3;7,12H,1-6H3;;;;;/q5*-1;;;;;;;;. The van der Waals surface area contributed by atoms with Crippen LogP contribution >= 0.6 is 22.7 Å². The molecule has 144 heavy (non-hydrogen) atoms. The summed E-state index contributed by atoms with van der Waals surface area (Å²) >= 11 is 3.63. The zero-order chi connectivity index (χ0) is 97.5. The van der Waals surface area contributed by atoms with E-state index >= 15 is 0 Å². The van der Waals surface area contributed by atoms with E-state index < -0.39 is 5.41 Å². The number of pyridine rings is 9. The van der Waals surface area contributed by atoms with Gasteiger partial charge in [-0.1, -0.05) is 266 Å². The summed E-state index contributed by atoms with van der Waals surface area (Å²) in [7, 11) is 0. The third kappa shape index (κ3) is 30.3. The number of benzene rings is 10. The Balaban J connectivity index is 0.000000169. The number of para-hydroxylation sites is 1. The molecule has 0 saturated carbocycles. The molecule has 0 atom stereocenters. The Kier molecular flexibility index (Phi) is 42.5. The Morgan fingerprint density at radius 3 is 1.49 bits per heavy atom. The number of aliphatic hydroxyl groups is 1. The average Bonchev–Trinajstić information content (AvgIpc) is 1.24. The molecule has 0 aliphatic heterocycles. The SMILES string of the molecule is CC(C)(C)C(=O)C=C(O)C(C)(C)C.Cc1[c-]c(-c2ccc3c(CC(C)C)cccc3n2)cc(C)c1.Cc1cc(-c2[c-]cccc2)ncc1-c1ccccc1.Cc1ccc(-c2[c-]ccc3c2oc2ccccc23)nc1.Cc1ccc(-c2ccccn2)nc1.Cc1cccnc1-c1ccccn1.Cc1ccnc(-c2[c-]cc3sc4ccccc4c3c2)c1.[Ir].[Ir].[Ir].[Ir].[Ir].[c-]1cc2sc3ccccc3c2cc1-c1ccccn1. The van der Waals surface area contributed by atoms with Crippen LogP contribution in [0.15, 0.2) is 381 Å². The van der Waals surface area contributed by atoms with E-state index in [4.69, 9.17) is 9.40 Å². The largest absolute Gasteiger partial charge is 0.512 e. The number of carbonyl (C=O) groups is 1. The quantitative estimate of drug-likeness (QED) is 0.0741. The van der Waals surface area contributed by atoms with Gasteiger partial charge in [0, 0.05) is 193 Å². The molecule has 1 N–H and O–H groups in total. The molecular weight excluding hydrogens is 2700 g/mol. The summed E-state index contributed by atoms with van der Waals surface area (Å²) in [5.41, 5.74) is 27.8. The van der Waals surface area contributed by atoms with Crippen LogP contribution in [0.25, 0.3) is 163 Å². The molecule has 0 aliphatic carbocycles. The summed E-state index contributed by atoms with van der Waals surface area (Å²) in [6.45, 7) is 30.1. The van der Waals surface area contributed by atoms with Gasteiger partial charge in [-0.15, -0.1) is 137 Å². The van der Waals surface area contributed by atoms with E-state index in [9.17, 15) is 9.90 Å². The van der Waals surface area contributed by atoms with Gasteiger partial charge in [0.2, 0.25) is 0 Å². The Morgan fingerprint density at radius 2 is 0.924 bits per heavy atom. The topological polar surface area (TPSA) is 166 Å². The summed E-state index contributed by atoms with van der Waals surface area (Å²) < 4.78 is 11.2. The molecule has 0 spiro atoms. The van der Waals surface area contributed by atoms with Crippen LogP contribution in [0.5, 0.6) is 0 Å². The molecule has 19 heteroatoms. The second kappa shape index (κ2) is 53.9. The maximum Gasteiger partial charge on any atom is 0.164 e. The van der Waals surface area contributed by atoms with Crippen LogP contribution in [-0.4, -0.2) is 55.7 Å². The molecule has 0 fully saturated rings. The van der Waals surface area contributed by atoms with Crippen molar-refractivity contribution in [2.45, 2.75) is 110 Å². The van der Waals surface area contributed by atoms with Gasteiger partial charge in [-0.25, -0.2) is 0 Å². The van der Waals surface area contributed by atoms with Crippen LogP contribution < -0.4 is 0 Å². The molecule has 735 valence electrons. The number of carbonyl (C=O) groups excluding carboxylic acids is 1. The monoisotopic (exact) mass is 2810 g/mol. The van der Waals surface area contributed by atoms with Gasteiger partial charge < -0.3 is 29.5 Å². The Hall–Kier alpha value is -12.5. The fourth-order valence-electron chi connectivity index (χ4n) is 15.5. The summed E-state index contributed by atoms with van der Waals surface area (Å²) in [6, 6.07) is 123. The number of aryl methyl sites for hydroxylation is 7. The molecule has 12 nitrogen and oxygen atoms in total. The molecular formula is C125H110Ir5N9O3S2-5. The summed E-state index contributed by atoms with van der Waals surface area (Å²) in [5.74, 6) is 0.755. The van der Waals surface area contributed by atoms with Gasteiger partial charge >= 0.3 is 0 Å². The first-order valence-electron chi connectivity index (χ1n) is 46.5. The first-order chi connectivity index (χ1) is 67.2. The third-order valence-corrected chi connectivity index (χ3v) is 25.1.